The molecule has 0 unspecified atom stereocenters. The minimum Gasteiger partial charge on any atom is -0.465 e. The van der Waals surface area contributed by atoms with E-state index in [0.29, 0.717) is 17.1 Å². The van der Waals surface area contributed by atoms with E-state index in [4.69, 9.17) is 5.11 Å². The molecule has 0 bridgehead atoms. The molecule has 1 aliphatic rings. The van der Waals surface area contributed by atoms with Gasteiger partial charge < -0.3 is 5.11 Å². The van der Waals surface area contributed by atoms with Crippen molar-refractivity contribution in [1.82, 2.24) is 9.78 Å². The van der Waals surface area contributed by atoms with Crippen LogP contribution in [-0.2, 0) is 12.5 Å². The van der Waals surface area contributed by atoms with E-state index in [-0.39, 0.29) is 24.2 Å². The highest BCUT2D eigenvalue weighted by molar-refractivity contribution is 5.83. The molecule has 20 heavy (non-hydrogen) atoms. The van der Waals surface area contributed by atoms with Gasteiger partial charge in [-0.05, 0) is 5.41 Å². The van der Waals surface area contributed by atoms with E-state index in [2.05, 4.69) is 10.4 Å². The van der Waals surface area contributed by atoms with Gasteiger partial charge in [0.1, 0.15) is 5.82 Å². The summed E-state index contributed by atoms with van der Waals surface area (Å²) >= 11 is 0. The molecule has 1 fully saturated rings. The van der Waals surface area contributed by atoms with Gasteiger partial charge in [0.05, 0.1) is 5.69 Å². The average molecular weight is 287 g/mol. The van der Waals surface area contributed by atoms with Gasteiger partial charge in [-0.25, -0.2) is 13.6 Å². The normalized spacial score (nSPS) is 18.7. The summed E-state index contributed by atoms with van der Waals surface area (Å²) in [5.74, 6) is -2.58. The first-order valence-corrected chi connectivity index (χ1v) is 6.46. The number of nitrogens with zero attached hydrogens (tertiary/aromatic N) is 2. The minimum atomic E-state index is -2.63. The third-order valence-corrected chi connectivity index (χ3v) is 3.53. The number of aryl methyl sites for hydroxylation is 1. The SMILES string of the molecule is Cn1nc(C2CC(F)(F)C2)c(C(C)(C)C)c1NC(=O)O. The largest absolute Gasteiger partial charge is 0.465 e. The number of hydrogen-bond acceptors (Lipinski definition) is 2. The Balaban J connectivity index is 2.45. The summed E-state index contributed by atoms with van der Waals surface area (Å²) in [6.45, 7) is 5.74. The van der Waals surface area contributed by atoms with Crippen molar-refractivity contribution in [3.05, 3.63) is 11.3 Å². The van der Waals surface area contributed by atoms with Crippen LogP contribution in [0, 0.1) is 0 Å². The molecule has 2 N–H and O–H groups in total. The first-order valence-electron chi connectivity index (χ1n) is 6.46. The molecule has 0 aliphatic heterocycles. The topological polar surface area (TPSA) is 67.2 Å². The summed E-state index contributed by atoms with van der Waals surface area (Å²) in [5.41, 5.74) is 0.893. The van der Waals surface area contributed by atoms with Crippen molar-refractivity contribution in [3.8, 4) is 0 Å². The number of rotatable bonds is 2. The zero-order valence-corrected chi connectivity index (χ0v) is 12.0. The zero-order valence-electron chi connectivity index (χ0n) is 12.0. The lowest BCUT2D eigenvalue weighted by Gasteiger charge is -2.35. The fraction of sp³-hybridized carbons (Fsp3) is 0.692. The van der Waals surface area contributed by atoms with Crippen LogP contribution >= 0.6 is 0 Å². The summed E-state index contributed by atoms with van der Waals surface area (Å²) in [4.78, 5) is 10.9. The van der Waals surface area contributed by atoms with Gasteiger partial charge in [0.2, 0.25) is 5.92 Å². The van der Waals surface area contributed by atoms with Crippen LogP contribution in [0.2, 0.25) is 0 Å². The van der Waals surface area contributed by atoms with Crippen molar-refractivity contribution in [3.63, 3.8) is 0 Å². The molecule has 1 aromatic rings. The molecule has 1 saturated carbocycles. The molecule has 1 amide bonds. The Kier molecular flexibility index (Phi) is 3.26. The molecule has 2 rings (SSSR count). The monoisotopic (exact) mass is 287 g/mol. The first-order chi connectivity index (χ1) is 9.01. The van der Waals surface area contributed by atoms with Crippen molar-refractivity contribution >= 4 is 11.9 Å². The molecular formula is C13H19F2N3O2. The molecule has 1 aromatic heterocycles. The van der Waals surface area contributed by atoms with Crippen LogP contribution in [-0.4, -0.2) is 26.9 Å². The Labute approximate surface area is 116 Å². The number of anilines is 1. The highest BCUT2D eigenvalue weighted by Gasteiger charge is 2.49. The number of carbonyl (C=O) groups is 1. The molecular weight excluding hydrogens is 268 g/mol. The number of nitrogens with one attached hydrogen (secondary N) is 1. The standard InChI is InChI=1S/C13H19F2N3O2/c1-12(2,3)8-9(7-5-13(14,15)6-7)17-18(4)10(8)16-11(19)20/h7,16H,5-6H2,1-4H3,(H,19,20). The highest BCUT2D eigenvalue weighted by Crippen LogP contribution is 2.51. The summed E-state index contributed by atoms with van der Waals surface area (Å²) in [7, 11) is 1.61. The summed E-state index contributed by atoms with van der Waals surface area (Å²) in [6.07, 6.45) is -1.64. The number of alkyl halides is 2. The molecule has 0 saturated heterocycles. The lowest BCUT2D eigenvalue weighted by Crippen LogP contribution is -2.35. The zero-order chi connectivity index (χ0) is 15.3. The summed E-state index contributed by atoms with van der Waals surface area (Å²) in [6, 6.07) is 0. The predicted octanol–water partition coefficient (Wildman–Crippen LogP) is 3.32. The second kappa shape index (κ2) is 4.43. The van der Waals surface area contributed by atoms with Crippen LogP contribution in [0.1, 0.15) is 50.8 Å². The van der Waals surface area contributed by atoms with Crippen molar-refractivity contribution < 1.29 is 18.7 Å². The first kappa shape index (κ1) is 14.7. The van der Waals surface area contributed by atoms with Gasteiger partial charge >= 0.3 is 6.09 Å². The highest BCUT2D eigenvalue weighted by atomic mass is 19.3. The maximum absolute atomic E-state index is 13.1. The number of hydrogen-bond donors (Lipinski definition) is 2. The third-order valence-electron chi connectivity index (χ3n) is 3.53. The summed E-state index contributed by atoms with van der Waals surface area (Å²) < 4.78 is 27.6. The number of carboxylic acid groups (broad SMARTS) is 1. The van der Waals surface area contributed by atoms with E-state index in [0.717, 1.165) is 0 Å². The van der Waals surface area contributed by atoms with E-state index in [9.17, 15) is 13.6 Å². The Hall–Kier alpha value is -1.66. The molecule has 0 spiro atoms. The van der Waals surface area contributed by atoms with Crippen molar-refractivity contribution in [2.45, 2.75) is 50.9 Å². The smallest absolute Gasteiger partial charge is 0.410 e. The molecule has 7 heteroatoms. The van der Waals surface area contributed by atoms with Gasteiger partial charge in [-0.2, -0.15) is 5.10 Å². The molecule has 112 valence electrons. The van der Waals surface area contributed by atoms with Crippen LogP contribution in [0.5, 0.6) is 0 Å². The Morgan fingerprint density at radius 2 is 2.00 bits per heavy atom. The molecule has 0 aromatic carbocycles. The number of amides is 1. The van der Waals surface area contributed by atoms with E-state index in [1.807, 2.05) is 20.8 Å². The quantitative estimate of drug-likeness (QED) is 0.876. The van der Waals surface area contributed by atoms with Gasteiger partial charge in [0.15, 0.2) is 0 Å². The Morgan fingerprint density at radius 1 is 1.45 bits per heavy atom. The van der Waals surface area contributed by atoms with Crippen LogP contribution in [0.4, 0.5) is 19.4 Å². The maximum atomic E-state index is 13.1. The second-order valence-electron chi connectivity index (χ2n) is 6.37. The van der Waals surface area contributed by atoms with Crippen LogP contribution in [0.15, 0.2) is 0 Å². The molecule has 0 radical (unpaired) electrons. The second-order valence-corrected chi connectivity index (χ2v) is 6.37. The molecule has 1 heterocycles. The summed E-state index contributed by atoms with van der Waals surface area (Å²) in [5, 5.41) is 15.5. The fourth-order valence-electron chi connectivity index (χ4n) is 2.67. The van der Waals surface area contributed by atoms with Crippen molar-refractivity contribution in [1.29, 1.82) is 0 Å². The predicted molar refractivity (Wildman–Crippen MR) is 70.5 cm³/mol. The third kappa shape index (κ3) is 2.62. The van der Waals surface area contributed by atoms with Gasteiger partial charge in [-0.1, -0.05) is 20.8 Å². The van der Waals surface area contributed by atoms with E-state index >= 15 is 0 Å². The van der Waals surface area contributed by atoms with Crippen molar-refractivity contribution in [2.75, 3.05) is 5.32 Å². The molecule has 0 atom stereocenters. The maximum Gasteiger partial charge on any atom is 0.410 e. The van der Waals surface area contributed by atoms with Gasteiger partial charge in [0, 0.05) is 31.4 Å². The van der Waals surface area contributed by atoms with E-state index < -0.39 is 12.0 Å². The van der Waals surface area contributed by atoms with Crippen molar-refractivity contribution in [2.24, 2.45) is 7.05 Å². The van der Waals surface area contributed by atoms with Gasteiger partial charge in [-0.3, -0.25) is 10.00 Å². The van der Waals surface area contributed by atoms with Gasteiger partial charge in [-0.15, -0.1) is 0 Å². The Bertz CT molecular complexity index is 539. The van der Waals surface area contributed by atoms with E-state index in [1.165, 1.54) is 4.68 Å². The van der Waals surface area contributed by atoms with Crippen LogP contribution in [0.25, 0.3) is 0 Å². The molecule has 1 aliphatic carbocycles. The lowest BCUT2D eigenvalue weighted by molar-refractivity contribution is -0.0879. The molecule has 5 nitrogen and oxygen atoms in total. The van der Waals surface area contributed by atoms with Gasteiger partial charge in [0.25, 0.3) is 0 Å². The number of halogens is 2. The lowest BCUT2D eigenvalue weighted by atomic mass is 9.74. The average Bonchev–Trinajstić information content (AvgIpc) is 2.51. The van der Waals surface area contributed by atoms with Crippen LogP contribution < -0.4 is 5.32 Å². The minimum absolute atomic E-state index is 0.223. The number of aromatic nitrogens is 2. The van der Waals surface area contributed by atoms with E-state index in [1.54, 1.807) is 7.05 Å². The Morgan fingerprint density at radius 3 is 2.40 bits per heavy atom. The fourth-order valence-corrected chi connectivity index (χ4v) is 2.67. The van der Waals surface area contributed by atoms with Crippen LogP contribution in [0.3, 0.4) is 0 Å².